The van der Waals surface area contributed by atoms with Crippen LogP contribution in [0, 0.1) is 10.8 Å². The van der Waals surface area contributed by atoms with Gasteiger partial charge in [-0.15, -0.1) is 0 Å². The number of hydrogen-bond acceptors (Lipinski definition) is 2. The van der Waals surface area contributed by atoms with E-state index in [1.165, 1.54) is 4.90 Å². The summed E-state index contributed by atoms with van der Waals surface area (Å²) in [5.41, 5.74) is -2.04. The Labute approximate surface area is 117 Å². The molecule has 2 fully saturated rings. The topological polar surface area (TPSA) is 32.3 Å². The highest BCUT2D eigenvalue weighted by atomic mass is 19.4. The van der Waals surface area contributed by atoms with Crippen LogP contribution in [-0.4, -0.2) is 43.2 Å². The van der Waals surface area contributed by atoms with Crippen LogP contribution < -0.4 is 5.32 Å². The molecule has 0 bridgehead atoms. The van der Waals surface area contributed by atoms with Gasteiger partial charge in [0.25, 0.3) is 0 Å². The Morgan fingerprint density at radius 3 is 2.25 bits per heavy atom. The van der Waals surface area contributed by atoms with Crippen LogP contribution in [0.15, 0.2) is 0 Å². The van der Waals surface area contributed by atoms with Crippen molar-refractivity contribution < 1.29 is 18.0 Å². The molecule has 20 heavy (non-hydrogen) atoms. The van der Waals surface area contributed by atoms with Crippen molar-refractivity contribution in [2.75, 3.05) is 26.2 Å². The minimum Gasteiger partial charge on any atom is -0.342 e. The number of nitrogens with one attached hydrogen (secondary N) is 1. The van der Waals surface area contributed by atoms with E-state index in [9.17, 15) is 18.0 Å². The number of carbonyl (C=O) groups is 1. The van der Waals surface area contributed by atoms with Crippen LogP contribution in [0.3, 0.4) is 0 Å². The summed E-state index contributed by atoms with van der Waals surface area (Å²) in [7, 11) is 0. The monoisotopic (exact) mass is 292 g/mol. The summed E-state index contributed by atoms with van der Waals surface area (Å²) in [6, 6.07) is 0. The Bertz CT molecular complexity index is 367. The van der Waals surface area contributed by atoms with Crippen LogP contribution in [0.25, 0.3) is 0 Å². The molecule has 1 N–H and O–H groups in total. The van der Waals surface area contributed by atoms with Crippen LogP contribution in [0.2, 0.25) is 0 Å². The predicted molar refractivity (Wildman–Crippen MR) is 70.2 cm³/mol. The van der Waals surface area contributed by atoms with Crippen molar-refractivity contribution in [2.24, 2.45) is 10.8 Å². The fraction of sp³-hybridized carbons (Fsp3) is 0.929. The van der Waals surface area contributed by atoms with Gasteiger partial charge >= 0.3 is 6.18 Å². The maximum absolute atomic E-state index is 13.4. The molecular formula is C14H23F3N2O. The molecule has 2 aliphatic heterocycles. The molecule has 0 saturated carbocycles. The van der Waals surface area contributed by atoms with Crippen LogP contribution in [0.4, 0.5) is 13.2 Å². The Balaban J connectivity index is 2.11. The summed E-state index contributed by atoms with van der Waals surface area (Å²) in [5, 5.41) is 2.70. The van der Waals surface area contributed by atoms with Gasteiger partial charge in [0, 0.05) is 19.6 Å². The summed E-state index contributed by atoms with van der Waals surface area (Å²) in [5.74, 6) is -0.729. The number of rotatable bonds is 2. The van der Waals surface area contributed by atoms with Crippen molar-refractivity contribution in [3.63, 3.8) is 0 Å². The summed E-state index contributed by atoms with van der Waals surface area (Å²) < 4.78 is 40.1. The van der Waals surface area contributed by atoms with Gasteiger partial charge in [0.05, 0.1) is 0 Å². The molecule has 2 rings (SSSR count). The third-order valence-electron chi connectivity index (χ3n) is 5.22. The minimum atomic E-state index is -4.47. The van der Waals surface area contributed by atoms with Gasteiger partial charge in [0.1, 0.15) is 0 Å². The summed E-state index contributed by atoms with van der Waals surface area (Å²) in [6.07, 6.45) is -2.04. The largest absolute Gasteiger partial charge is 0.404 e. The van der Waals surface area contributed by atoms with Crippen molar-refractivity contribution >= 4 is 5.91 Å². The maximum Gasteiger partial charge on any atom is 0.404 e. The van der Waals surface area contributed by atoms with Crippen molar-refractivity contribution in [1.82, 2.24) is 10.2 Å². The molecule has 1 unspecified atom stereocenters. The number of carbonyl (C=O) groups excluding carboxylic acids is 1. The first-order chi connectivity index (χ1) is 9.24. The summed E-state index contributed by atoms with van der Waals surface area (Å²) in [4.78, 5) is 13.9. The van der Waals surface area contributed by atoms with E-state index in [-0.39, 0.29) is 24.9 Å². The van der Waals surface area contributed by atoms with E-state index in [2.05, 4.69) is 19.2 Å². The first-order valence-electron chi connectivity index (χ1n) is 7.31. The molecule has 0 radical (unpaired) electrons. The van der Waals surface area contributed by atoms with Gasteiger partial charge in [-0.05, 0) is 31.2 Å². The van der Waals surface area contributed by atoms with Gasteiger partial charge in [-0.25, -0.2) is 0 Å². The third-order valence-corrected chi connectivity index (χ3v) is 5.22. The smallest absolute Gasteiger partial charge is 0.342 e. The molecule has 116 valence electrons. The zero-order chi connectivity index (χ0) is 15.0. The highest BCUT2D eigenvalue weighted by Gasteiger charge is 2.62. The quantitative estimate of drug-likeness (QED) is 0.848. The molecule has 0 aromatic rings. The number of amides is 1. The second-order valence-electron chi connectivity index (χ2n) is 6.46. The predicted octanol–water partition coefficient (Wildman–Crippen LogP) is 2.57. The van der Waals surface area contributed by atoms with E-state index >= 15 is 0 Å². The average molecular weight is 292 g/mol. The van der Waals surface area contributed by atoms with E-state index in [1.54, 1.807) is 0 Å². The lowest BCUT2D eigenvalue weighted by molar-refractivity contribution is -0.222. The Hall–Kier alpha value is -0.780. The Morgan fingerprint density at radius 2 is 1.85 bits per heavy atom. The van der Waals surface area contributed by atoms with E-state index in [0.717, 1.165) is 19.3 Å². The molecule has 1 atom stereocenters. The maximum atomic E-state index is 13.4. The molecule has 2 heterocycles. The minimum absolute atomic E-state index is 0.142. The molecule has 2 aliphatic rings. The number of likely N-dealkylation sites (tertiary alicyclic amines) is 1. The Morgan fingerprint density at radius 1 is 1.25 bits per heavy atom. The van der Waals surface area contributed by atoms with Crippen molar-refractivity contribution in [2.45, 2.75) is 45.7 Å². The molecule has 0 aromatic heterocycles. The number of hydrogen-bond donors (Lipinski definition) is 1. The second-order valence-corrected chi connectivity index (χ2v) is 6.46. The normalized spacial score (nSPS) is 30.6. The number of halogens is 3. The zero-order valence-electron chi connectivity index (χ0n) is 12.1. The van der Waals surface area contributed by atoms with Crippen molar-refractivity contribution in [3.05, 3.63) is 0 Å². The lowest BCUT2D eigenvalue weighted by atomic mass is 9.77. The lowest BCUT2D eigenvalue weighted by Crippen LogP contribution is -2.55. The number of alkyl halides is 3. The highest BCUT2D eigenvalue weighted by molar-refractivity contribution is 5.84. The molecule has 0 aliphatic carbocycles. The van der Waals surface area contributed by atoms with E-state index in [4.69, 9.17) is 0 Å². The fourth-order valence-electron chi connectivity index (χ4n) is 3.14. The molecular weight excluding hydrogens is 269 g/mol. The van der Waals surface area contributed by atoms with Gasteiger partial charge in [-0.2, -0.15) is 13.2 Å². The fourth-order valence-corrected chi connectivity index (χ4v) is 3.14. The second kappa shape index (κ2) is 5.20. The van der Waals surface area contributed by atoms with Crippen LogP contribution in [0.1, 0.15) is 39.5 Å². The molecule has 1 amide bonds. The molecule has 0 spiro atoms. The zero-order valence-corrected chi connectivity index (χ0v) is 12.1. The van der Waals surface area contributed by atoms with Gasteiger partial charge in [-0.3, -0.25) is 4.79 Å². The van der Waals surface area contributed by atoms with Crippen LogP contribution >= 0.6 is 0 Å². The summed E-state index contributed by atoms with van der Waals surface area (Å²) >= 11 is 0. The standard InChI is InChI=1S/C14H23F3N2O/c1-3-12(2)5-8-19(9-6-12)11(20)13(14(15,16)17)4-7-18-10-13/h18H,3-10H2,1-2H3. The average Bonchev–Trinajstić information content (AvgIpc) is 2.89. The van der Waals surface area contributed by atoms with Gasteiger partial charge in [-0.1, -0.05) is 20.3 Å². The number of piperidine rings is 1. The van der Waals surface area contributed by atoms with E-state index in [0.29, 0.717) is 13.1 Å². The third kappa shape index (κ3) is 2.54. The first-order valence-corrected chi connectivity index (χ1v) is 7.31. The van der Waals surface area contributed by atoms with Gasteiger partial charge < -0.3 is 10.2 Å². The van der Waals surface area contributed by atoms with Crippen LogP contribution in [-0.2, 0) is 4.79 Å². The van der Waals surface area contributed by atoms with Gasteiger partial charge in [0.2, 0.25) is 5.91 Å². The molecule has 6 heteroatoms. The van der Waals surface area contributed by atoms with Crippen molar-refractivity contribution in [1.29, 1.82) is 0 Å². The van der Waals surface area contributed by atoms with Crippen LogP contribution in [0.5, 0.6) is 0 Å². The van der Waals surface area contributed by atoms with E-state index < -0.39 is 17.5 Å². The van der Waals surface area contributed by atoms with E-state index in [1.807, 2.05) is 0 Å². The molecule has 3 nitrogen and oxygen atoms in total. The molecule has 0 aromatic carbocycles. The SMILES string of the molecule is CCC1(C)CCN(C(=O)C2(C(F)(F)F)CCNC2)CC1. The van der Waals surface area contributed by atoms with Gasteiger partial charge in [0.15, 0.2) is 5.41 Å². The highest BCUT2D eigenvalue weighted by Crippen LogP contribution is 2.45. The van der Waals surface area contributed by atoms with Crippen molar-refractivity contribution in [3.8, 4) is 0 Å². The number of nitrogens with zero attached hydrogens (tertiary/aromatic N) is 1. The Kier molecular flexibility index (Phi) is 4.06. The lowest BCUT2D eigenvalue weighted by Gasteiger charge is -2.42. The molecule has 2 saturated heterocycles. The summed E-state index contributed by atoms with van der Waals surface area (Å²) in [6.45, 7) is 5.10. The first kappa shape index (κ1) is 15.6.